The smallest absolute Gasteiger partial charge is 0.407 e. The predicted octanol–water partition coefficient (Wildman–Crippen LogP) is 2.98. The number of nitrogens with zero attached hydrogens (tertiary/aromatic N) is 2. The fourth-order valence-corrected chi connectivity index (χ4v) is 2.42. The molecule has 0 bridgehead atoms. The van der Waals surface area contributed by atoms with E-state index in [1.807, 2.05) is 6.07 Å². The summed E-state index contributed by atoms with van der Waals surface area (Å²) in [5.41, 5.74) is 0.497. The molecule has 0 spiro atoms. The van der Waals surface area contributed by atoms with Crippen LogP contribution >= 0.6 is 11.6 Å². The first-order valence-corrected chi connectivity index (χ1v) is 6.78. The molecule has 0 atom stereocenters. The largest absolute Gasteiger partial charge is 0.492 e. The topological polar surface area (TPSA) is 73.6 Å². The van der Waals surface area contributed by atoms with E-state index >= 15 is 0 Å². The summed E-state index contributed by atoms with van der Waals surface area (Å²) in [6.07, 6.45) is 0.722. The minimum absolute atomic E-state index is 0.331. The minimum Gasteiger partial charge on any atom is -0.492 e. The molecule has 6 heteroatoms. The Morgan fingerprint density at radius 3 is 2.75 bits per heavy atom. The van der Waals surface area contributed by atoms with Gasteiger partial charge in [0, 0.05) is 13.1 Å². The Hall–Kier alpha value is -1.93. The highest BCUT2D eigenvalue weighted by molar-refractivity contribution is 6.32. The highest BCUT2D eigenvalue weighted by Gasteiger charge is 2.22. The van der Waals surface area contributed by atoms with Crippen LogP contribution in [0.5, 0.6) is 5.75 Å². The summed E-state index contributed by atoms with van der Waals surface area (Å²) in [5, 5.41) is 18.0. The third-order valence-corrected chi connectivity index (χ3v) is 3.72. The Kier molecular flexibility index (Phi) is 4.70. The van der Waals surface area contributed by atoms with E-state index in [2.05, 4.69) is 0 Å². The van der Waals surface area contributed by atoms with Gasteiger partial charge in [-0.1, -0.05) is 11.6 Å². The van der Waals surface area contributed by atoms with E-state index in [-0.39, 0.29) is 0 Å². The van der Waals surface area contributed by atoms with Crippen LogP contribution in [0.1, 0.15) is 18.4 Å². The number of likely N-dealkylation sites (tertiary alicyclic amines) is 1. The van der Waals surface area contributed by atoms with Crippen LogP contribution in [-0.4, -0.2) is 35.8 Å². The number of nitriles is 1. The van der Waals surface area contributed by atoms with Crippen molar-refractivity contribution < 1.29 is 14.6 Å². The van der Waals surface area contributed by atoms with Gasteiger partial charge in [0.05, 0.1) is 23.3 Å². The van der Waals surface area contributed by atoms with Crippen LogP contribution in [0.2, 0.25) is 5.02 Å². The van der Waals surface area contributed by atoms with Crippen molar-refractivity contribution in [1.82, 2.24) is 4.90 Å². The third kappa shape index (κ3) is 3.55. The Labute approximate surface area is 122 Å². The summed E-state index contributed by atoms with van der Waals surface area (Å²) in [7, 11) is 0. The van der Waals surface area contributed by atoms with Gasteiger partial charge in [-0.05, 0) is 37.0 Å². The lowest BCUT2D eigenvalue weighted by molar-refractivity contribution is 0.112. The number of hydrogen-bond acceptors (Lipinski definition) is 3. The van der Waals surface area contributed by atoms with Gasteiger partial charge < -0.3 is 14.7 Å². The van der Waals surface area contributed by atoms with Crippen molar-refractivity contribution in [3.8, 4) is 11.8 Å². The molecule has 1 aliphatic heterocycles. The summed E-state index contributed by atoms with van der Waals surface area (Å²) >= 11 is 6.03. The van der Waals surface area contributed by atoms with Gasteiger partial charge in [-0.15, -0.1) is 0 Å². The highest BCUT2D eigenvalue weighted by Crippen LogP contribution is 2.27. The third-order valence-electron chi connectivity index (χ3n) is 3.42. The number of benzene rings is 1. The first-order valence-electron chi connectivity index (χ1n) is 6.40. The van der Waals surface area contributed by atoms with Gasteiger partial charge in [0.15, 0.2) is 0 Å². The second kappa shape index (κ2) is 6.49. The molecule has 1 fully saturated rings. The maximum absolute atomic E-state index is 10.8. The Morgan fingerprint density at radius 1 is 1.50 bits per heavy atom. The maximum Gasteiger partial charge on any atom is 0.407 e. The van der Waals surface area contributed by atoms with Crippen LogP contribution in [0.3, 0.4) is 0 Å². The molecule has 20 heavy (non-hydrogen) atoms. The van der Waals surface area contributed by atoms with Gasteiger partial charge in [-0.2, -0.15) is 5.26 Å². The SMILES string of the molecule is N#Cc1ccc(OCC2CCN(C(=O)O)CC2)c(Cl)c1. The monoisotopic (exact) mass is 294 g/mol. The summed E-state index contributed by atoms with van der Waals surface area (Å²) in [5.74, 6) is 0.892. The molecule has 1 aromatic rings. The van der Waals surface area contributed by atoms with Crippen LogP contribution in [0.15, 0.2) is 18.2 Å². The summed E-state index contributed by atoms with van der Waals surface area (Å²) < 4.78 is 5.66. The second-order valence-corrected chi connectivity index (χ2v) is 5.19. The standard InChI is InChI=1S/C14H15ClN2O3/c15-12-7-11(8-16)1-2-13(12)20-9-10-3-5-17(6-4-10)14(18)19/h1-2,7,10H,3-6,9H2,(H,18,19). The summed E-state index contributed by atoms with van der Waals surface area (Å²) in [4.78, 5) is 12.2. The molecular formula is C14H15ClN2O3. The van der Waals surface area contributed by atoms with E-state index in [0.29, 0.717) is 41.9 Å². The van der Waals surface area contributed by atoms with E-state index in [1.54, 1.807) is 18.2 Å². The molecule has 0 unspecified atom stereocenters. The van der Waals surface area contributed by atoms with Gasteiger partial charge in [0.1, 0.15) is 5.75 Å². The number of hydrogen-bond donors (Lipinski definition) is 1. The first-order chi connectivity index (χ1) is 9.60. The lowest BCUT2D eigenvalue weighted by Gasteiger charge is -2.29. The molecule has 1 N–H and O–H groups in total. The molecule has 106 valence electrons. The fraction of sp³-hybridized carbons (Fsp3) is 0.429. The van der Waals surface area contributed by atoms with Crippen molar-refractivity contribution in [2.24, 2.45) is 5.92 Å². The molecule has 1 aromatic carbocycles. The van der Waals surface area contributed by atoms with Crippen LogP contribution in [-0.2, 0) is 0 Å². The molecule has 1 aliphatic rings. The molecule has 0 radical (unpaired) electrons. The average molecular weight is 295 g/mol. The van der Waals surface area contributed by atoms with E-state index < -0.39 is 6.09 Å². The summed E-state index contributed by atoms with van der Waals surface area (Å²) in [6, 6.07) is 6.94. The zero-order valence-corrected chi connectivity index (χ0v) is 11.6. The molecule has 0 aromatic heterocycles. The average Bonchev–Trinajstić information content (AvgIpc) is 2.46. The van der Waals surface area contributed by atoms with E-state index in [4.69, 9.17) is 26.7 Å². The molecule has 1 heterocycles. The van der Waals surface area contributed by atoms with Gasteiger partial charge in [-0.25, -0.2) is 4.79 Å². The van der Waals surface area contributed by atoms with Crippen LogP contribution < -0.4 is 4.74 Å². The van der Waals surface area contributed by atoms with Crippen LogP contribution in [0, 0.1) is 17.2 Å². The lowest BCUT2D eigenvalue weighted by atomic mass is 9.98. The van der Waals surface area contributed by atoms with Crippen molar-refractivity contribution >= 4 is 17.7 Å². The number of rotatable bonds is 3. The van der Waals surface area contributed by atoms with Crippen molar-refractivity contribution in [3.05, 3.63) is 28.8 Å². The van der Waals surface area contributed by atoms with E-state index in [0.717, 1.165) is 12.8 Å². The highest BCUT2D eigenvalue weighted by atomic mass is 35.5. The minimum atomic E-state index is -0.862. The molecule has 5 nitrogen and oxygen atoms in total. The lowest BCUT2D eigenvalue weighted by Crippen LogP contribution is -2.38. The van der Waals surface area contributed by atoms with E-state index in [1.165, 1.54) is 4.90 Å². The van der Waals surface area contributed by atoms with E-state index in [9.17, 15) is 4.79 Å². The van der Waals surface area contributed by atoms with Crippen molar-refractivity contribution in [2.45, 2.75) is 12.8 Å². The molecule has 2 rings (SSSR count). The quantitative estimate of drug-likeness (QED) is 0.930. The molecule has 0 saturated carbocycles. The van der Waals surface area contributed by atoms with Crippen molar-refractivity contribution in [3.63, 3.8) is 0 Å². The van der Waals surface area contributed by atoms with Crippen molar-refractivity contribution in [1.29, 1.82) is 5.26 Å². The number of amides is 1. The number of piperidine rings is 1. The van der Waals surface area contributed by atoms with Gasteiger partial charge in [0.2, 0.25) is 0 Å². The van der Waals surface area contributed by atoms with Gasteiger partial charge in [-0.3, -0.25) is 0 Å². The first kappa shape index (κ1) is 14.5. The Bertz CT molecular complexity index is 534. The molecule has 1 saturated heterocycles. The number of carboxylic acid groups (broad SMARTS) is 1. The van der Waals surface area contributed by atoms with Crippen LogP contribution in [0.4, 0.5) is 4.79 Å². The predicted molar refractivity (Wildman–Crippen MR) is 74.0 cm³/mol. The normalized spacial score (nSPS) is 15.7. The zero-order chi connectivity index (χ0) is 14.5. The zero-order valence-electron chi connectivity index (χ0n) is 10.9. The summed E-state index contributed by atoms with van der Waals surface area (Å²) in [6.45, 7) is 1.61. The van der Waals surface area contributed by atoms with Gasteiger partial charge >= 0.3 is 6.09 Å². The second-order valence-electron chi connectivity index (χ2n) is 4.78. The molecular weight excluding hydrogens is 280 g/mol. The molecule has 1 amide bonds. The van der Waals surface area contributed by atoms with Gasteiger partial charge in [0.25, 0.3) is 0 Å². The molecule has 0 aliphatic carbocycles. The Balaban J connectivity index is 1.85. The number of carbonyl (C=O) groups is 1. The number of ether oxygens (including phenoxy) is 1. The van der Waals surface area contributed by atoms with Crippen molar-refractivity contribution in [2.75, 3.05) is 19.7 Å². The maximum atomic E-state index is 10.8. The Morgan fingerprint density at radius 2 is 2.20 bits per heavy atom. The van der Waals surface area contributed by atoms with Crippen LogP contribution in [0.25, 0.3) is 0 Å². The number of halogens is 1. The fourth-order valence-electron chi connectivity index (χ4n) is 2.19.